The van der Waals surface area contributed by atoms with Crippen LogP contribution < -0.4 is 11.5 Å². The van der Waals surface area contributed by atoms with Crippen LogP contribution in [0.25, 0.3) is 10.9 Å². The van der Waals surface area contributed by atoms with Crippen LogP contribution in [0.15, 0.2) is 29.4 Å². The van der Waals surface area contributed by atoms with Crippen LogP contribution in [0.4, 0.5) is 4.39 Å². The van der Waals surface area contributed by atoms with Crippen LogP contribution in [-0.2, 0) is 0 Å². The van der Waals surface area contributed by atoms with Crippen LogP contribution in [0.2, 0.25) is 0 Å². The number of unbranched alkanes of at least 4 members (excludes halogenated alkanes) is 1. The molecule has 2 heterocycles. The maximum atomic E-state index is 13.3. The third-order valence-corrected chi connectivity index (χ3v) is 4.88. The Morgan fingerprint density at radius 2 is 2.04 bits per heavy atom. The molecule has 1 aromatic carbocycles. The number of nitrogens with two attached hydrogens (primary N) is 2. The normalized spacial score (nSPS) is 16.5. The van der Waals surface area contributed by atoms with Crippen LogP contribution in [-0.4, -0.2) is 42.0 Å². The van der Waals surface area contributed by atoms with Gasteiger partial charge < -0.3 is 21.4 Å². The Bertz CT molecular complexity index is 696. The second-order valence-corrected chi connectivity index (χ2v) is 6.56. The van der Waals surface area contributed by atoms with Crippen molar-refractivity contribution in [2.45, 2.75) is 31.6 Å². The van der Waals surface area contributed by atoms with E-state index in [1.54, 1.807) is 12.1 Å². The number of aromatic amines is 1. The summed E-state index contributed by atoms with van der Waals surface area (Å²) in [6.45, 7) is 4.04. The Morgan fingerprint density at radius 3 is 2.79 bits per heavy atom. The number of fused-ring (bicyclic) bond motifs is 1. The van der Waals surface area contributed by atoms with Crippen molar-refractivity contribution in [3.05, 3.63) is 35.8 Å². The number of hydrogen-bond donors (Lipinski definition) is 3. The Morgan fingerprint density at radius 1 is 1.25 bits per heavy atom. The SMILES string of the molecule is NC(N)=NCCCCN1CCC(c2c[nH]c3cc(F)ccc23)CC1. The summed E-state index contributed by atoms with van der Waals surface area (Å²) in [5.74, 6) is 0.544. The number of halogens is 1. The molecular formula is C18H26FN5. The Kier molecular flexibility index (Phi) is 5.35. The largest absolute Gasteiger partial charge is 0.370 e. The molecule has 1 aliphatic heterocycles. The molecule has 0 aliphatic carbocycles. The summed E-state index contributed by atoms with van der Waals surface area (Å²) in [5.41, 5.74) is 12.9. The van der Waals surface area contributed by atoms with Crippen molar-refractivity contribution in [2.75, 3.05) is 26.2 Å². The lowest BCUT2D eigenvalue weighted by atomic mass is 9.89. The van der Waals surface area contributed by atoms with E-state index in [0.29, 0.717) is 12.5 Å². The highest BCUT2D eigenvalue weighted by Crippen LogP contribution is 2.33. The van der Waals surface area contributed by atoms with Gasteiger partial charge >= 0.3 is 0 Å². The Hall–Kier alpha value is -2.08. The predicted molar refractivity (Wildman–Crippen MR) is 96.6 cm³/mol. The number of likely N-dealkylation sites (tertiary alicyclic amines) is 1. The monoisotopic (exact) mass is 331 g/mol. The van der Waals surface area contributed by atoms with Gasteiger partial charge in [-0.15, -0.1) is 0 Å². The first-order valence-electron chi connectivity index (χ1n) is 8.68. The number of aliphatic imine (C=N–C) groups is 1. The molecule has 0 spiro atoms. The minimum absolute atomic E-state index is 0.175. The van der Waals surface area contributed by atoms with Crippen molar-refractivity contribution in [3.63, 3.8) is 0 Å². The minimum atomic E-state index is -0.188. The molecule has 3 rings (SSSR count). The molecule has 0 radical (unpaired) electrons. The van der Waals surface area contributed by atoms with Crippen molar-refractivity contribution < 1.29 is 4.39 Å². The van der Waals surface area contributed by atoms with E-state index in [1.165, 1.54) is 5.56 Å². The smallest absolute Gasteiger partial charge is 0.185 e. The summed E-state index contributed by atoms with van der Waals surface area (Å²) >= 11 is 0. The highest BCUT2D eigenvalue weighted by atomic mass is 19.1. The number of guanidine groups is 1. The number of hydrogen-bond acceptors (Lipinski definition) is 2. The topological polar surface area (TPSA) is 83.4 Å². The first kappa shape index (κ1) is 16.8. The van der Waals surface area contributed by atoms with Gasteiger partial charge in [0.15, 0.2) is 5.96 Å². The predicted octanol–water partition coefficient (Wildman–Crippen LogP) is 2.54. The molecule has 0 amide bonds. The number of rotatable bonds is 6. The van der Waals surface area contributed by atoms with Gasteiger partial charge in [0.25, 0.3) is 0 Å². The van der Waals surface area contributed by atoms with E-state index in [4.69, 9.17) is 11.5 Å². The highest BCUT2D eigenvalue weighted by molar-refractivity contribution is 5.83. The third kappa shape index (κ3) is 4.06. The molecule has 0 atom stereocenters. The second-order valence-electron chi connectivity index (χ2n) is 6.56. The van der Waals surface area contributed by atoms with Crippen LogP contribution in [0.5, 0.6) is 0 Å². The van der Waals surface area contributed by atoms with Crippen LogP contribution in [0.3, 0.4) is 0 Å². The summed E-state index contributed by atoms with van der Waals surface area (Å²) in [6, 6.07) is 5.02. The van der Waals surface area contributed by atoms with Crippen molar-refractivity contribution in [1.29, 1.82) is 0 Å². The van der Waals surface area contributed by atoms with Gasteiger partial charge in [-0.1, -0.05) is 0 Å². The molecule has 0 bridgehead atoms. The fraction of sp³-hybridized carbons (Fsp3) is 0.500. The average molecular weight is 331 g/mol. The van der Waals surface area contributed by atoms with Gasteiger partial charge in [-0.25, -0.2) is 4.39 Å². The highest BCUT2D eigenvalue weighted by Gasteiger charge is 2.22. The van der Waals surface area contributed by atoms with Gasteiger partial charge in [-0.3, -0.25) is 4.99 Å². The lowest BCUT2D eigenvalue weighted by Crippen LogP contribution is -2.33. The van der Waals surface area contributed by atoms with E-state index in [2.05, 4.69) is 21.1 Å². The van der Waals surface area contributed by atoms with Gasteiger partial charge in [-0.2, -0.15) is 0 Å². The molecule has 5 N–H and O–H groups in total. The Labute approximate surface area is 141 Å². The van der Waals surface area contributed by atoms with Gasteiger partial charge in [0.1, 0.15) is 5.82 Å². The zero-order valence-corrected chi connectivity index (χ0v) is 14.0. The molecule has 130 valence electrons. The number of nitrogens with zero attached hydrogens (tertiary/aromatic N) is 2. The fourth-order valence-corrected chi connectivity index (χ4v) is 3.58. The lowest BCUT2D eigenvalue weighted by molar-refractivity contribution is 0.209. The van der Waals surface area contributed by atoms with Crippen molar-refractivity contribution >= 4 is 16.9 Å². The van der Waals surface area contributed by atoms with E-state index >= 15 is 0 Å². The summed E-state index contributed by atoms with van der Waals surface area (Å²) in [4.78, 5) is 9.73. The van der Waals surface area contributed by atoms with Gasteiger partial charge in [0, 0.05) is 23.6 Å². The first-order valence-corrected chi connectivity index (χ1v) is 8.68. The van der Waals surface area contributed by atoms with Crippen molar-refractivity contribution in [1.82, 2.24) is 9.88 Å². The molecule has 1 aliphatic rings. The molecular weight excluding hydrogens is 305 g/mol. The standard InChI is InChI=1S/C18H26FN5/c19-14-3-4-15-16(12-23-17(15)11-14)13-5-9-24(10-6-13)8-2-1-7-22-18(20)21/h3-4,11-13,23H,1-2,5-10H2,(H4,20,21,22). The number of H-pyrrole nitrogens is 1. The molecule has 0 saturated carbocycles. The zero-order valence-electron chi connectivity index (χ0n) is 14.0. The van der Waals surface area contributed by atoms with Crippen LogP contribution in [0.1, 0.15) is 37.2 Å². The maximum absolute atomic E-state index is 13.3. The van der Waals surface area contributed by atoms with Gasteiger partial charge in [0.2, 0.25) is 0 Å². The van der Waals surface area contributed by atoms with E-state index in [9.17, 15) is 4.39 Å². The van der Waals surface area contributed by atoms with Gasteiger partial charge in [-0.05, 0) is 75.0 Å². The maximum Gasteiger partial charge on any atom is 0.185 e. The first-order chi connectivity index (χ1) is 11.6. The van der Waals surface area contributed by atoms with E-state index in [0.717, 1.165) is 56.2 Å². The van der Waals surface area contributed by atoms with E-state index in [-0.39, 0.29) is 11.8 Å². The molecule has 0 unspecified atom stereocenters. The molecule has 5 nitrogen and oxygen atoms in total. The number of piperidine rings is 1. The second kappa shape index (κ2) is 7.66. The Balaban J connectivity index is 1.49. The van der Waals surface area contributed by atoms with Gasteiger partial charge in [0.05, 0.1) is 0 Å². The average Bonchev–Trinajstić information content (AvgIpc) is 2.98. The molecule has 1 saturated heterocycles. The van der Waals surface area contributed by atoms with Crippen molar-refractivity contribution in [3.8, 4) is 0 Å². The molecule has 6 heteroatoms. The quantitative estimate of drug-likeness (QED) is 0.432. The lowest BCUT2D eigenvalue weighted by Gasteiger charge is -2.31. The third-order valence-electron chi connectivity index (χ3n) is 4.88. The summed E-state index contributed by atoms with van der Waals surface area (Å²) in [5, 5.41) is 1.16. The fourth-order valence-electron chi connectivity index (χ4n) is 3.58. The van der Waals surface area contributed by atoms with Crippen LogP contribution >= 0.6 is 0 Å². The summed E-state index contributed by atoms with van der Waals surface area (Å²) in [7, 11) is 0. The van der Waals surface area contributed by atoms with Crippen LogP contribution in [0, 0.1) is 5.82 Å². The zero-order chi connectivity index (χ0) is 16.9. The minimum Gasteiger partial charge on any atom is -0.370 e. The number of aromatic nitrogens is 1. The summed E-state index contributed by atoms with van der Waals surface area (Å²) in [6.07, 6.45) is 6.50. The number of nitrogens with one attached hydrogen (secondary N) is 1. The van der Waals surface area contributed by atoms with E-state index in [1.807, 2.05) is 6.07 Å². The van der Waals surface area contributed by atoms with Crippen molar-refractivity contribution in [2.24, 2.45) is 16.5 Å². The van der Waals surface area contributed by atoms with E-state index < -0.39 is 0 Å². The molecule has 2 aromatic rings. The molecule has 1 fully saturated rings. The summed E-state index contributed by atoms with van der Waals surface area (Å²) < 4.78 is 13.3. The molecule has 1 aromatic heterocycles. The number of benzene rings is 1. The molecule has 24 heavy (non-hydrogen) atoms.